The molecule has 0 spiro atoms. The summed E-state index contributed by atoms with van der Waals surface area (Å²) in [7, 11) is 0. The maximum absolute atomic E-state index is 12.4. The average Bonchev–Trinajstić information content (AvgIpc) is 3.30. The van der Waals surface area contributed by atoms with E-state index in [9.17, 15) is 4.79 Å². The number of rotatable bonds is 3. The van der Waals surface area contributed by atoms with Gasteiger partial charge in [-0.25, -0.2) is 0 Å². The van der Waals surface area contributed by atoms with Crippen molar-refractivity contribution in [3.8, 4) is 10.6 Å². The molecule has 1 saturated heterocycles. The molecular formula is C18H18N4O2S. The van der Waals surface area contributed by atoms with Crippen LogP contribution < -0.4 is 4.90 Å². The molecule has 0 unspecified atom stereocenters. The summed E-state index contributed by atoms with van der Waals surface area (Å²) in [6, 6.07) is 13.5. The molecule has 1 aromatic carbocycles. The van der Waals surface area contributed by atoms with E-state index in [-0.39, 0.29) is 5.91 Å². The van der Waals surface area contributed by atoms with E-state index in [0.29, 0.717) is 12.3 Å². The molecule has 4 rings (SSSR count). The van der Waals surface area contributed by atoms with Crippen LogP contribution in [0.5, 0.6) is 0 Å². The van der Waals surface area contributed by atoms with E-state index in [0.717, 1.165) is 41.8 Å². The minimum absolute atomic E-state index is 0.0471. The molecule has 6 nitrogen and oxygen atoms in total. The van der Waals surface area contributed by atoms with Gasteiger partial charge in [-0.1, -0.05) is 41.7 Å². The van der Waals surface area contributed by atoms with Gasteiger partial charge in [-0.05, 0) is 18.6 Å². The molecule has 0 bridgehead atoms. The molecule has 7 heteroatoms. The van der Waals surface area contributed by atoms with Crippen molar-refractivity contribution in [2.45, 2.75) is 6.42 Å². The predicted molar refractivity (Wildman–Crippen MR) is 96.8 cm³/mol. The lowest BCUT2D eigenvalue weighted by Gasteiger charge is -2.20. The van der Waals surface area contributed by atoms with Crippen LogP contribution in [0, 0.1) is 0 Å². The van der Waals surface area contributed by atoms with E-state index < -0.39 is 0 Å². The molecule has 0 aliphatic carbocycles. The molecule has 25 heavy (non-hydrogen) atoms. The zero-order valence-electron chi connectivity index (χ0n) is 13.7. The molecule has 0 N–H and O–H groups in total. The maximum Gasteiger partial charge on any atom is 0.289 e. The summed E-state index contributed by atoms with van der Waals surface area (Å²) in [5, 5.41) is 10.5. The van der Waals surface area contributed by atoms with Crippen LogP contribution in [0.4, 0.5) is 5.13 Å². The number of nitrogens with zero attached hydrogens (tertiary/aromatic N) is 4. The van der Waals surface area contributed by atoms with Gasteiger partial charge in [0.2, 0.25) is 5.13 Å². The smallest absolute Gasteiger partial charge is 0.289 e. The fraction of sp³-hybridized carbons (Fsp3) is 0.278. The summed E-state index contributed by atoms with van der Waals surface area (Å²) in [5.74, 6) is 0.352. The first-order valence-corrected chi connectivity index (χ1v) is 9.09. The number of carbonyl (C=O) groups excluding carboxylic acids is 1. The molecule has 1 aliphatic rings. The van der Waals surface area contributed by atoms with E-state index in [2.05, 4.69) is 15.1 Å². The number of benzene rings is 1. The summed E-state index contributed by atoms with van der Waals surface area (Å²) < 4.78 is 5.23. The third-order valence-electron chi connectivity index (χ3n) is 4.22. The molecule has 1 aliphatic heterocycles. The number of hydrogen-bond donors (Lipinski definition) is 0. The topological polar surface area (TPSA) is 62.5 Å². The van der Waals surface area contributed by atoms with Gasteiger partial charge in [0, 0.05) is 31.7 Å². The molecule has 2 aromatic heterocycles. The van der Waals surface area contributed by atoms with Crippen LogP contribution in [0.25, 0.3) is 10.6 Å². The Morgan fingerprint density at radius 1 is 1.00 bits per heavy atom. The van der Waals surface area contributed by atoms with Crippen molar-refractivity contribution in [1.82, 2.24) is 15.1 Å². The average molecular weight is 354 g/mol. The summed E-state index contributed by atoms with van der Waals surface area (Å²) in [4.78, 5) is 16.5. The lowest BCUT2D eigenvalue weighted by molar-refractivity contribution is 0.0735. The Balaban J connectivity index is 1.45. The molecule has 0 saturated carbocycles. The number of carbonyl (C=O) groups is 1. The Morgan fingerprint density at radius 2 is 1.88 bits per heavy atom. The summed E-state index contributed by atoms with van der Waals surface area (Å²) in [6.07, 6.45) is 2.43. The summed E-state index contributed by atoms with van der Waals surface area (Å²) >= 11 is 1.59. The van der Waals surface area contributed by atoms with Crippen molar-refractivity contribution in [3.05, 3.63) is 54.5 Å². The SMILES string of the molecule is O=C(c1ccco1)N1CCCN(c2nnc(-c3ccccc3)s2)CC1. The van der Waals surface area contributed by atoms with Crippen molar-refractivity contribution in [3.63, 3.8) is 0 Å². The van der Waals surface area contributed by atoms with Crippen LogP contribution in [0.15, 0.2) is 53.1 Å². The lowest BCUT2D eigenvalue weighted by Crippen LogP contribution is -2.35. The van der Waals surface area contributed by atoms with E-state index in [1.54, 1.807) is 23.5 Å². The largest absolute Gasteiger partial charge is 0.459 e. The predicted octanol–water partition coefficient (Wildman–Crippen LogP) is 3.15. The van der Waals surface area contributed by atoms with Crippen molar-refractivity contribution in [1.29, 1.82) is 0 Å². The van der Waals surface area contributed by atoms with Crippen LogP contribution in [0.1, 0.15) is 17.0 Å². The minimum atomic E-state index is -0.0471. The van der Waals surface area contributed by atoms with Gasteiger partial charge in [-0.2, -0.15) is 0 Å². The van der Waals surface area contributed by atoms with Gasteiger partial charge in [0.15, 0.2) is 5.76 Å². The van der Waals surface area contributed by atoms with E-state index in [1.165, 1.54) is 6.26 Å². The van der Waals surface area contributed by atoms with E-state index in [1.807, 2.05) is 35.2 Å². The quantitative estimate of drug-likeness (QED) is 0.723. The second-order valence-electron chi connectivity index (χ2n) is 5.87. The summed E-state index contributed by atoms with van der Waals surface area (Å²) in [6.45, 7) is 2.99. The normalized spacial score (nSPS) is 15.2. The van der Waals surface area contributed by atoms with Gasteiger partial charge in [0.1, 0.15) is 5.01 Å². The number of amides is 1. The van der Waals surface area contributed by atoms with Crippen LogP contribution >= 0.6 is 11.3 Å². The third kappa shape index (κ3) is 3.41. The van der Waals surface area contributed by atoms with E-state index >= 15 is 0 Å². The molecule has 128 valence electrons. The Bertz CT molecular complexity index is 832. The number of anilines is 1. The number of aromatic nitrogens is 2. The molecule has 3 heterocycles. The van der Waals surface area contributed by atoms with Crippen LogP contribution in [0.3, 0.4) is 0 Å². The first kappa shape index (κ1) is 15.8. The maximum atomic E-state index is 12.4. The second-order valence-corrected chi connectivity index (χ2v) is 6.82. The minimum Gasteiger partial charge on any atom is -0.459 e. The third-order valence-corrected chi connectivity index (χ3v) is 5.25. The van der Waals surface area contributed by atoms with Gasteiger partial charge in [0.05, 0.1) is 6.26 Å². The molecule has 1 fully saturated rings. The van der Waals surface area contributed by atoms with E-state index in [4.69, 9.17) is 4.42 Å². The van der Waals surface area contributed by atoms with Crippen LogP contribution in [-0.4, -0.2) is 47.2 Å². The monoisotopic (exact) mass is 354 g/mol. The molecular weight excluding hydrogens is 336 g/mol. The highest BCUT2D eigenvalue weighted by molar-refractivity contribution is 7.18. The Morgan fingerprint density at radius 3 is 2.68 bits per heavy atom. The van der Waals surface area contributed by atoms with Crippen LogP contribution in [-0.2, 0) is 0 Å². The van der Waals surface area contributed by atoms with Crippen molar-refractivity contribution >= 4 is 22.4 Å². The first-order chi connectivity index (χ1) is 12.3. The lowest BCUT2D eigenvalue weighted by atomic mass is 10.2. The Hall–Kier alpha value is -2.67. The van der Waals surface area contributed by atoms with Crippen molar-refractivity contribution in [2.75, 3.05) is 31.1 Å². The fourth-order valence-electron chi connectivity index (χ4n) is 2.91. The number of furan rings is 1. The van der Waals surface area contributed by atoms with Gasteiger partial charge in [-0.3, -0.25) is 4.79 Å². The Labute approximate surface area is 149 Å². The molecule has 1 amide bonds. The van der Waals surface area contributed by atoms with Crippen molar-refractivity contribution in [2.24, 2.45) is 0 Å². The Kier molecular flexibility index (Phi) is 4.47. The highest BCUT2D eigenvalue weighted by Crippen LogP contribution is 2.29. The highest BCUT2D eigenvalue weighted by Gasteiger charge is 2.23. The number of hydrogen-bond acceptors (Lipinski definition) is 6. The molecule has 0 radical (unpaired) electrons. The van der Waals surface area contributed by atoms with Gasteiger partial charge in [-0.15, -0.1) is 10.2 Å². The zero-order chi connectivity index (χ0) is 17.1. The second kappa shape index (κ2) is 7.06. The summed E-state index contributed by atoms with van der Waals surface area (Å²) in [5.41, 5.74) is 1.08. The molecule has 3 aromatic rings. The van der Waals surface area contributed by atoms with Crippen molar-refractivity contribution < 1.29 is 9.21 Å². The fourth-order valence-corrected chi connectivity index (χ4v) is 3.81. The van der Waals surface area contributed by atoms with Gasteiger partial charge < -0.3 is 14.2 Å². The van der Waals surface area contributed by atoms with Gasteiger partial charge in [0.25, 0.3) is 5.91 Å². The first-order valence-electron chi connectivity index (χ1n) is 8.28. The standard InChI is InChI=1S/C18H18N4O2S/c23-17(15-8-4-13-24-15)21-9-5-10-22(12-11-21)18-20-19-16(25-18)14-6-2-1-3-7-14/h1-4,6-8,13H,5,9-12H2. The van der Waals surface area contributed by atoms with Crippen LogP contribution in [0.2, 0.25) is 0 Å². The molecule has 0 atom stereocenters. The zero-order valence-corrected chi connectivity index (χ0v) is 14.5. The highest BCUT2D eigenvalue weighted by atomic mass is 32.1. The van der Waals surface area contributed by atoms with Gasteiger partial charge >= 0.3 is 0 Å².